The maximum absolute atomic E-state index is 13.5. The van der Waals surface area contributed by atoms with Crippen LogP contribution in [0.1, 0.15) is 49.5 Å². The zero-order valence-electron chi connectivity index (χ0n) is 20.7. The summed E-state index contributed by atoms with van der Waals surface area (Å²) in [7, 11) is 1.86. The van der Waals surface area contributed by atoms with Crippen molar-refractivity contribution in [2.45, 2.75) is 51.8 Å². The molecule has 0 radical (unpaired) electrons. The molecule has 9 heteroatoms. The summed E-state index contributed by atoms with van der Waals surface area (Å²) < 4.78 is 20.6. The third kappa shape index (κ3) is 5.15. The molecular weight excluding hydrogens is 463 g/mol. The van der Waals surface area contributed by atoms with E-state index in [9.17, 15) is 18.8 Å². The Morgan fingerprint density at radius 3 is 2.44 bits per heavy atom. The van der Waals surface area contributed by atoms with Crippen LogP contribution in [-0.4, -0.2) is 43.9 Å². The number of hydrogen-bond acceptors (Lipinski definition) is 5. The smallest absolute Gasteiger partial charge is 0.306 e. The lowest BCUT2D eigenvalue weighted by Crippen LogP contribution is -2.45. The van der Waals surface area contributed by atoms with E-state index < -0.39 is 23.5 Å². The van der Waals surface area contributed by atoms with E-state index in [-0.39, 0.29) is 31.1 Å². The molecule has 2 N–H and O–H groups in total. The number of aryl methyl sites for hydroxylation is 1. The van der Waals surface area contributed by atoms with E-state index in [1.807, 2.05) is 17.7 Å². The van der Waals surface area contributed by atoms with Crippen LogP contribution in [-0.2, 0) is 27.9 Å². The maximum atomic E-state index is 13.5. The molecule has 1 atom stereocenters. The van der Waals surface area contributed by atoms with Crippen LogP contribution in [0.2, 0.25) is 0 Å². The van der Waals surface area contributed by atoms with Crippen LogP contribution in [0, 0.1) is 5.82 Å². The molecule has 188 valence electrons. The van der Waals surface area contributed by atoms with Gasteiger partial charge >= 0.3 is 5.97 Å². The molecule has 0 bridgehead atoms. The first-order valence-electron chi connectivity index (χ1n) is 11.7. The summed E-state index contributed by atoms with van der Waals surface area (Å²) in [5.41, 5.74) is 9.27. The topological polar surface area (TPSA) is 108 Å². The van der Waals surface area contributed by atoms with Crippen LogP contribution < -0.4 is 5.73 Å². The number of primary amides is 1. The van der Waals surface area contributed by atoms with Gasteiger partial charge in [0.25, 0.3) is 5.91 Å². The average molecular weight is 493 g/mol. The van der Waals surface area contributed by atoms with Crippen molar-refractivity contribution in [2.75, 3.05) is 0 Å². The molecule has 0 saturated heterocycles. The molecule has 36 heavy (non-hydrogen) atoms. The van der Waals surface area contributed by atoms with Gasteiger partial charge in [-0.05, 0) is 69.2 Å². The predicted molar refractivity (Wildman–Crippen MR) is 132 cm³/mol. The Kier molecular flexibility index (Phi) is 6.67. The van der Waals surface area contributed by atoms with Gasteiger partial charge in [0.2, 0.25) is 5.91 Å². The second-order valence-electron chi connectivity index (χ2n) is 9.91. The largest absolute Gasteiger partial charge is 0.460 e. The van der Waals surface area contributed by atoms with Gasteiger partial charge in [0.05, 0.1) is 17.7 Å². The van der Waals surface area contributed by atoms with Crippen LogP contribution in [0.25, 0.3) is 22.5 Å². The van der Waals surface area contributed by atoms with Crippen LogP contribution >= 0.6 is 0 Å². The molecule has 2 amide bonds. The van der Waals surface area contributed by atoms with Crippen LogP contribution in [0.5, 0.6) is 0 Å². The SMILES string of the molecule is Cn1cnc(-c2ccc3c(c2)CN([C@@H](CCC(=O)OC(C)(C)C)C(N)=O)C3=O)c1-c1ccc(F)cc1. The molecule has 2 heterocycles. The summed E-state index contributed by atoms with van der Waals surface area (Å²) in [6.07, 6.45) is 1.72. The molecule has 8 nitrogen and oxygen atoms in total. The molecule has 0 saturated carbocycles. The van der Waals surface area contributed by atoms with Crippen molar-refractivity contribution in [3.63, 3.8) is 0 Å². The number of nitrogens with two attached hydrogens (primary N) is 1. The van der Waals surface area contributed by atoms with Gasteiger partial charge in [-0.1, -0.05) is 6.07 Å². The summed E-state index contributed by atoms with van der Waals surface area (Å²) >= 11 is 0. The molecule has 3 aromatic rings. The standard InChI is InChI=1S/C27H29FN4O4/c1-27(2,3)36-22(33)12-11-21(25(29)34)32-14-18-13-17(7-10-20(18)26(32)35)23-24(31(4)15-30-23)16-5-8-19(28)9-6-16/h5-10,13,15,21H,11-12,14H2,1-4H3,(H2,29,34)/t21-/m0/s1. The Morgan fingerprint density at radius 1 is 1.14 bits per heavy atom. The van der Waals surface area contributed by atoms with E-state index in [0.717, 1.165) is 22.4 Å². The van der Waals surface area contributed by atoms with E-state index >= 15 is 0 Å². The molecule has 4 rings (SSSR count). The molecule has 2 aromatic carbocycles. The predicted octanol–water partition coefficient (Wildman–Crippen LogP) is 3.82. The average Bonchev–Trinajstić information content (AvgIpc) is 3.33. The molecular formula is C27H29FN4O4. The molecule has 0 aliphatic carbocycles. The fourth-order valence-corrected chi connectivity index (χ4v) is 4.43. The van der Waals surface area contributed by atoms with Crippen molar-refractivity contribution in [2.24, 2.45) is 12.8 Å². The second-order valence-corrected chi connectivity index (χ2v) is 9.91. The normalized spacial score (nSPS) is 14.0. The second kappa shape index (κ2) is 9.56. The minimum Gasteiger partial charge on any atom is -0.460 e. The van der Waals surface area contributed by atoms with E-state index in [1.54, 1.807) is 51.4 Å². The third-order valence-electron chi connectivity index (χ3n) is 6.01. The number of esters is 1. The quantitative estimate of drug-likeness (QED) is 0.505. The minimum atomic E-state index is -0.939. The highest BCUT2D eigenvalue weighted by atomic mass is 19.1. The number of ether oxygens (including phenoxy) is 1. The molecule has 0 unspecified atom stereocenters. The van der Waals surface area contributed by atoms with Crippen molar-refractivity contribution in [1.82, 2.24) is 14.5 Å². The number of fused-ring (bicyclic) bond motifs is 1. The van der Waals surface area contributed by atoms with Crippen molar-refractivity contribution < 1.29 is 23.5 Å². The lowest BCUT2D eigenvalue weighted by atomic mass is 10.0. The van der Waals surface area contributed by atoms with Crippen LogP contribution in [0.15, 0.2) is 48.8 Å². The number of carbonyl (C=O) groups excluding carboxylic acids is 3. The summed E-state index contributed by atoms with van der Waals surface area (Å²) in [5.74, 6) is -1.77. The van der Waals surface area contributed by atoms with Crippen molar-refractivity contribution in [3.05, 3.63) is 65.7 Å². The number of aromatic nitrogens is 2. The Morgan fingerprint density at radius 2 is 1.81 bits per heavy atom. The van der Waals surface area contributed by atoms with Gasteiger partial charge in [-0.15, -0.1) is 0 Å². The molecule has 0 fully saturated rings. The Bertz CT molecular complexity index is 1320. The van der Waals surface area contributed by atoms with E-state index in [4.69, 9.17) is 10.5 Å². The summed E-state index contributed by atoms with van der Waals surface area (Å²) in [4.78, 5) is 43.5. The summed E-state index contributed by atoms with van der Waals surface area (Å²) in [6.45, 7) is 5.47. The van der Waals surface area contributed by atoms with Gasteiger partial charge in [0.15, 0.2) is 0 Å². The lowest BCUT2D eigenvalue weighted by molar-refractivity contribution is -0.155. The summed E-state index contributed by atoms with van der Waals surface area (Å²) in [5, 5.41) is 0. The highest BCUT2D eigenvalue weighted by Crippen LogP contribution is 2.34. The molecule has 1 aliphatic rings. The highest BCUT2D eigenvalue weighted by molar-refractivity contribution is 6.01. The van der Waals surface area contributed by atoms with Gasteiger partial charge in [-0.2, -0.15) is 0 Å². The fourth-order valence-electron chi connectivity index (χ4n) is 4.43. The third-order valence-corrected chi connectivity index (χ3v) is 6.01. The van der Waals surface area contributed by atoms with Gasteiger partial charge < -0.3 is 19.9 Å². The monoisotopic (exact) mass is 492 g/mol. The minimum absolute atomic E-state index is 0.0365. The number of benzene rings is 2. The Labute approximate surface area is 208 Å². The maximum Gasteiger partial charge on any atom is 0.306 e. The number of nitrogens with zero attached hydrogens (tertiary/aromatic N) is 3. The zero-order valence-corrected chi connectivity index (χ0v) is 20.7. The van der Waals surface area contributed by atoms with E-state index in [0.29, 0.717) is 11.3 Å². The Hall–Kier alpha value is -4.01. The molecule has 0 spiro atoms. The van der Waals surface area contributed by atoms with Crippen molar-refractivity contribution in [1.29, 1.82) is 0 Å². The number of halogens is 1. The number of hydrogen-bond donors (Lipinski definition) is 1. The van der Waals surface area contributed by atoms with Gasteiger partial charge in [0.1, 0.15) is 17.5 Å². The van der Waals surface area contributed by atoms with Crippen molar-refractivity contribution in [3.8, 4) is 22.5 Å². The number of carbonyl (C=O) groups is 3. The van der Waals surface area contributed by atoms with Crippen molar-refractivity contribution >= 4 is 17.8 Å². The van der Waals surface area contributed by atoms with E-state index in [1.165, 1.54) is 17.0 Å². The van der Waals surface area contributed by atoms with Gasteiger partial charge in [0, 0.05) is 36.7 Å². The molecule has 1 aromatic heterocycles. The zero-order chi connectivity index (χ0) is 26.2. The fraction of sp³-hybridized carbons (Fsp3) is 0.333. The summed E-state index contributed by atoms with van der Waals surface area (Å²) in [6, 6.07) is 10.6. The first kappa shape index (κ1) is 25.1. The van der Waals surface area contributed by atoms with Crippen LogP contribution in [0.4, 0.5) is 4.39 Å². The lowest BCUT2D eigenvalue weighted by Gasteiger charge is -2.25. The van der Waals surface area contributed by atoms with Gasteiger partial charge in [-0.25, -0.2) is 9.37 Å². The molecule has 1 aliphatic heterocycles. The highest BCUT2D eigenvalue weighted by Gasteiger charge is 2.36. The Balaban J connectivity index is 1.58. The number of amides is 2. The van der Waals surface area contributed by atoms with E-state index in [2.05, 4.69) is 4.98 Å². The first-order chi connectivity index (χ1) is 16.9. The van der Waals surface area contributed by atoms with Gasteiger partial charge in [-0.3, -0.25) is 14.4 Å². The van der Waals surface area contributed by atoms with Crippen LogP contribution in [0.3, 0.4) is 0 Å². The first-order valence-corrected chi connectivity index (χ1v) is 11.7. The number of rotatable bonds is 7. The number of imidazole rings is 1.